The number of oxazole rings is 1. The van der Waals surface area contributed by atoms with E-state index in [9.17, 15) is 24.3 Å². The normalized spacial score (nSPS) is 30.0. The number of fused-ring (bicyclic) bond motifs is 3. The number of nitrogens with two attached hydrogens (primary N) is 1. The zero-order chi connectivity index (χ0) is 28.5. The van der Waals surface area contributed by atoms with Crippen LogP contribution in [-0.2, 0) is 25.5 Å². The minimum absolute atomic E-state index is 0.00786. The number of rotatable bonds is 2. The van der Waals surface area contributed by atoms with Gasteiger partial charge in [0, 0.05) is 31.3 Å². The molecule has 1 saturated heterocycles. The molecule has 0 aromatic carbocycles. The fraction of sp³-hybridized carbons (Fsp3) is 0.536. The van der Waals surface area contributed by atoms with Crippen molar-refractivity contribution in [3.63, 3.8) is 0 Å². The molecular weight excluding hydrogens is 504 g/mol. The molecule has 2 aliphatic heterocycles. The molecule has 4 N–H and O–H groups in total. The van der Waals surface area contributed by atoms with E-state index in [0.29, 0.717) is 19.4 Å². The van der Waals surface area contributed by atoms with Crippen LogP contribution >= 0.6 is 0 Å². The van der Waals surface area contributed by atoms with Gasteiger partial charge >= 0.3 is 5.97 Å². The average Bonchev–Trinajstić information content (AvgIpc) is 3.57. The van der Waals surface area contributed by atoms with Crippen molar-refractivity contribution in [3.05, 3.63) is 53.8 Å². The summed E-state index contributed by atoms with van der Waals surface area (Å²) in [4.78, 5) is 56.8. The molecule has 0 aliphatic carbocycles. The van der Waals surface area contributed by atoms with E-state index in [1.54, 1.807) is 31.2 Å². The molecule has 1 aromatic rings. The molecule has 2 bridgehead atoms. The largest absolute Gasteiger partial charge is 0.460 e. The summed E-state index contributed by atoms with van der Waals surface area (Å²) in [5.74, 6) is -2.12. The lowest BCUT2D eigenvalue weighted by atomic mass is 9.92. The number of cyclic esters (lactones) is 1. The summed E-state index contributed by atoms with van der Waals surface area (Å²) in [5.41, 5.74) is 6.60. The molecule has 1 fully saturated rings. The Morgan fingerprint density at radius 1 is 1.26 bits per heavy atom. The van der Waals surface area contributed by atoms with Crippen molar-refractivity contribution in [1.29, 1.82) is 0 Å². The minimum atomic E-state index is -1.01. The number of allylic oxidation sites excluding steroid dienone is 2. The van der Waals surface area contributed by atoms with Gasteiger partial charge in [-0.25, -0.2) is 9.78 Å². The molecule has 39 heavy (non-hydrogen) atoms. The first-order valence-electron chi connectivity index (χ1n) is 13.3. The molecule has 3 heterocycles. The number of aliphatic hydroxyl groups excluding tert-OH is 1. The number of carbonyl (C=O) groups excluding carboxylic acids is 4. The van der Waals surface area contributed by atoms with E-state index in [4.69, 9.17) is 14.9 Å². The summed E-state index contributed by atoms with van der Waals surface area (Å²) in [6, 6.07) is -0.801. The standard InChI is InChI=1S/C28H38N4O7/c1-17-6-4-10-30-24(35)9-8-18(2)26(19(3)15-29)39-28(37)23-7-5-11-32(23)27(36)22-16-38-25(31-22)14-21(34)13-20(33)12-17/h4,6,8-9,12,16,18-20,23,26,33H,5,7,10-11,13-15,29H2,1-3H3,(H,30,35)/b6-4+,9-8+,17-12+/t18-,19?,20-,23-,26+/m1/s1. The summed E-state index contributed by atoms with van der Waals surface area (Å²) in [7, 11) is 0. The number of amides is 2. The van der Waals surface area contributed by atoms with Crippen LogP contribution in [0.3, 0.4) is 0 Å². The Bertz CT molecular complexity index is 1140. The topological polar surface area (TPSA) is 165 Å². The van der Waals surface area contributed by atoms with E-state index in [1.807, 2.05) is 13.8 Å². The first kappa shape index (κ1) is 30.0. The Morgan fingerprint density at radius 3 is 2.77 bits per heavy atom. The van der Waals surface area contributed by atoms with Crippen LogP contribution < -0.4 is 11.1 Å². The van der Waals surface area contributed by atoms with Crippen molar-refractivity contribution in [1.82, 2.24) is 15.2 Å². The minimum Gasteiger partial charge on any atom is -0.460 e. The Kier molecular flexibility index (Phi) is 10.8. The maximum absolute atomic E-state index is 13.2. The molecule has 11 nitrogen and oxygen atoms in total. The van der Waals surface area contributed by atoms with Gasteiger partial charge in [0.15, 0.2) is 5.69 Å². The number of ketones is 1. The Balaban J connectivity index is 1.87. The molecule has 2 aliphatic rings. The zero-order valence-corrected chi connectivity index (χ0v) is 22.7. The highest BCUT2D eigenvalue weighted by Crippen LogP contribution is 2.25. The maximum Gasteiger partial charge on any atom is 0.329 e. The predicted octanol–water partition coefficient (Wildman–Crippen LogP) is 1.47. The van der Waals surface area contributed by atoms with Crippen molar-refractivity contribution in [2.75, 3.05) is 19.6 Å². The maximum atomic E-state index is 13.2. The molecule has 0 saturated carbocycles. The van der Waals surface area contributed by atoms with Crippen LogP contribution in [0, 0.1) is 11.8 Å². The van der Waals surface area contributed by atoms with Gasteiger partial charge in [-0.3, -0.25) is 14.4 Å². The fourth-order valence-corrected chi connectivity index (χ4v) is 4.68. The molecule has 1 unspecified atom stereocenters. The molecule has 0 radical (unpaired) electrons. The van der Waals surface area contributed by atoms with Crippen LogP contribution in [0.5, 0.6) is 0 Å². The third-order valence-electron chi connectivity index (χ3n) is 6.83. The second-order valence-electron chi connectivity index (χ2n) is 10.2. The van der Waals surface area contributed by atoms with Gasteiger partial charge in [-0.2, -0.15) is 0 Å². The van der Waals surface area contributed by atoms with Gasteiger partial charge in [0.2, 0.25) is 11.8 Å². The van der Waals surface area contributed by atoms with Crippen LogP contribution in [0.25, 0.3) is 0 Å². The summed E-state index contributed by atoms with van der Waals surface area (Å²) >= 11 is 0. The lowest BCUT2D eigenvalue weighted by molar-refractivity contribution is -0.158. The van der Waals surface area contributed by atoms with Crippen molar-refractivity contribution in [3.8, 4) is 0 Å². The third kappa shape index (κ3) is 8.46. The van der Waals surface area contributed by atoms with Crippen LogP contribution in [-0.4, -0.2) is 76.4 Å². The van der Waals surface area contributed by atoms with Gasteiger partial charge < -0.3 is 30.2 Å². The van der Waals surface area contributed by atoms with Gasteiger partial charge in [0.1, 0.15) is 24.2 Å². The Labute approximate surface area is 228 Å². The smallest absolute Gasteiger partial charge is 0.329 e. The number of nitrogens with one attached hydrogen (secondary N) is 1. The number of aliphatic hydroxyl groups is 1. The molecule has 5 atom stereocenters. The average molecular weight is 543 g/mol. The second-order valence-corrected chi connectivity index (χ2v) is 10.2. The highest BCUT2D eigenvalue weighted by Gasteiger charge is 2.39. The predicted molar refractivity (Wildman–Crippen MR) is 142 cm³/mol. The number of hydrogen-bond acceptors (Lipinski definition) is 9. The third-order valence-corrected chi connectivity index (χ3v) is 6.83. The van der Waals surface area contributed by atoms with Crippen molar-refractivity contribution < 1.29 is 33.4 Å². The van der Waals surface area contributed by atoms with Gasteiger partial charge in [-0.1, -0.05) is 43.7 Å². The summed E-state index contributed by atoms with van der Waals surface area (Å²) in [5, 5.41) is 13.0. The number of carbonyl (C=O) groups is 4. The Hall–Kier alpha value is -3.57. The lowest BCUT2D eigenvalue weighted by Gasteiger charge is -2.30. The molecular formula is C28H38N4O7. The van der Waals surface area contributed by atoms with Crippen molar-refractivity contribution in [2.45, 2.75) is 64.7 Å². The van der Waals surface area contributed by atoms with Crippen LogP contribution in [0.1, 0.15) is 56.4 Å². The van der Waals surface area contributed by atoms with Crippen LogP contribution in [0.2, 0.25) is 0 Å². The van der Waals surface area contributed by atoms with Gasteiger partial charge in [0.25, 0.3) is 5.91 Å². The van der Waals surface area contributed by atoms with Crippen molar-refractivity contribution >= 4 is 23.6 Å². The molecule has 3 rings (SSSR count). The van der Waals surface area contributed by atoms with E-state index in [0.717, 1.165) is 5.57 Å². The first-order chi connectivity index (χ1) is 18.6. The van der Waals surface area contributed by atoms with E-state index in [1.165, 1.54) is 17.2 Å². The zero-order valence-electron chi connectivity index (χ0n) is 22.7. The number of Topliss-reactive ketones (excluding diaryl/α,β-unsaturated/α-hetero) is 1. The summed E-state index contributed by atoms with van der Waals surface area (Å²) < 4.78 is 11.2. The number of aromatic nitrogens is 1. The fourth-order valence-electron chi connectivity index (χ4n) is 4.68. The van der Waals surface area contributed by atoms with Gasteiger partial charge in [-0.05, 0) is 32.4 Å². The monoisotopic (exact) mass is 542 g/mol. The second kappa shape index (κ2) is 14.0. The quantitative estimate of drug-likeness (QED) is 0.469. The highest BCUT2D eigenvalue weighted by molar-refractivity contribution is 5.95. The lowest BCUT2D eigenvalue weighted by Crippen LogP contribution is -2.45. The SMILES string of the molecule is CC1=C\[C@@H](O)CC(=O)Cc2nc(co2)C(=O)N2CCC[C@@H]2C(=O)O[C@H](C(C)CN)[C@H](C)/C=C/C(=O)NC\C=C\1. The molecule has 1 aromatic heterocycles. The number of hydrogen-bond donors (Lipinski definition) is 3. The molecule has 212 valence electrons. The summed E-state index contributed by atoms with van der Waals surface area (Å²) in [6.45, 7) is 6.34. The van der Waals surface area contributed by atoms with E-state index >= 15 is 0 Å². The number of ether oxygens (including phenoxy) is 1. The molecule has 11 heteroatoms. The van der Waals surface area contributed by atoms with E-state index in [2.05, 4.69) is 10.3 Å². The van der Waals surface area contributed by atoms with Gasteiger partial charge in [-0.15, -0.1) is 0 Å². The van der Waals surface area contributed by atoms with Crippen molar-refractivity contribution in [2.24, 2.45) is 17.6 Å². The summed E-state index contributed by atoms with van der Waals surface area (Å²) in [6.07, 6.45) is 8.32. The highest BCUT2D eigenvalue weighted by atomic mass is 16.5. The number of nitrogens with zero attached hydrogens (tertiary/aromatic N) is 2. The van der Waals surface area contributed by atoms with E-state index in [-0.39, 0.29) is 61.0 Å². The van der Waals surface area contributed by atoms with Crippen LogP contribution in [0.15, 0.2) is 46.6 Å². The van der Waals surface area contributed by atoms with Gasteiger partial charge in [0.05, 0.1) is 12.5 Å². The van der Waals surface area contributed by atoms with E-state index < -0.39 is 30.1 Å². The number of esters is 1. The Morgan fingerprint density at radius 2 is 2.03 bits per heavy atom. The molecule has 2 amide bonds. The first-order valence-corrected chi connectivity index (χ1v) is 13.3. The van der Waals surface area contributed by atoms with Crippen LogP contribution in [0.4, 0.5) is 0 Å². The molecule has 0 spiro atoms.